The summed E-state index contributed by atoms with van der Waals surface area (Å²) < 4.78 is 7.95. The fourth-order valence-corrected chi connectivity index (χ4v) is 29.0. The molecule has 0 spiro atoms. The lowest BCUT2D eigenvalue weighted by molar-refractivity contribution is -0.138. The van der Waals surface area contributed by atoms with Gasteiger partial charge in [-0.05, 0) is 265 Å². The lowest BCUT2D eigenvalue weighted by Gasteiger charge is -2.54. The number of likely N-dealkylation sites (tertiary alicyclic amines) is 2. The van der Waals surface area contributed by atoms with Crippen LogP contribution in [0, 0.1) is 41.4 Å². The summed E-state index contributed by atoms with van der Waals surface area (Å²) in [6.45, 7) is 9.43. The summed E-state index contributed by atoms with van der Waals surface area (Å²) in [7, 11) is 0. The van der Waals surface area contributed by atoms with Crippen LogP contribution in [0.15, 0.2) is 72.8 Å². The molecule has 3 aromatic carbocycles. The van der Waals surface area contributed by atoms with Gasteiger partial charge in [-0.3, -0.25) is 38.9 Å². The van der Waals surface area contributed by atoms with Gasteiger partial charge in [0.15, 0.2) is 0 Å². The Morgan fingerprint density at radius 1 is 0.400 bits per heavy atom. The molecular formula is C98H143N13O4. The number of likely N-dealkylation sites (N-methyl/N-ethyl adjacent to an activating group) is 1. The van der Waals surface area contributed by atoms with Crippen molar-refractivity contribution in [3.8, 4) is 0 Å². The van der Waals surface area contributed by atoms with E-state index in [9.17, 15) is 19.5 Å². The maximum atomic E-state index is 12.8. The number of fused-ring (bicyclic) bond motifs is 15. The predicted molar refractivity (Wildman–Crippen MR) is 460 cm³/mol. The van der Waals surface area contributed by atoms with E-state index in [-0.39, 0.29) is 30.4 Å². The summed E-state index contributed by atoms with van der Waals surface area (Å²) in [5, 5.41) is 12.6. The van der Waals surface area contributed by atoms with Crippen LogP contribution >= 0.6 is 0 Å². The molecule has 17 nitrogen and oxygen atoms in total. The Morgan fingerprint density at radius 3 is 1.16 bits per heavy atom. The average molecular weight is 1570 g/mol. The van der Waals surface area contributed by atoms with Crippen LogP contribution < -0.4 is 5.32 Å². The van der Waals surface area contributed by atoms with Gasteiger partial charge in [0.1, 0.15) is 17.5 Å². The number of para-hydroxylation sites is 6. The van der Waals surface area contributed by atoms with Gasteiger partial charge < -0.3 is 29.0 Å². The summed E-state index contributed by atoms with van der Waals surface area (Å²) in [4.78, 5) is 67.5. The van der Waals surface area contributed by atoms with Crippen molar-refractivity contribution in [2.45, 2.75) is 381 Å². The number of amides is 2. The lowest BCUT2D eigenvalue weighted by atomic mass is 9.73. The molecule has 6 saturated carbocycles. The molecule has 2 N–H and O–H groups in total. The summed E-state index contributed by atoms with van der Waals surface area (Å²) >= 11 is 0. The van der Waals surface area contributed by atoms with Gasteiger partial charge in [0.25, 0.3) is 0 Å². The summed E-state index contributed by atoms with van der Waals surface area (Å²) in [6.07, 6.45) is 58.8. The van der Waals surface area contributed by atoms with Gasteiger partial charge in [-0.1, -0.05) is 133 Å². The molecule has 6 unspecified atom stereocenters. The van der Waals surface area contributed by atoms with Crippen LogP contribution in [0.25, 0.3) is 33.1 Å². The second kappa shape index (κ2) is 35.5. The average Bonchev–Trinajstić information content (AvgIpc) is 1.68. The van der Waals surface area contributed by atoms with Crippen molar-refractivity contribution < 1.29 is 19.5 Å². The molecule has 21 atom stereocenters. The number of hydrogen-bond acceptors (Lipinski definition) is 11. The third-order valence-corrected chi connectivity index (χ3v) is 33.5. The molecule has 9 aliphatic heterocycles. The van der Waals surface area contributed by atoms with Crippen molar-refractivity contribution in [1.82, 2.24) is 63.4 Å². The number of nitrogens with one attached hydrogen (secondary N) is 1. The third kappa shape index (κ3) is 17.2. The van der Waals surface area contributed by atoms with E-state index in [1.54, 1.807) is 0 Å². The number of piperidine rings is 6. The van der Waals surface area contributed by atoms with E-state index in [0.29, 0.717) is 49.1 Å². The lowest BCUT2D eigenvalue weighted by Crippen LogP contribution is -2.58. The zero-order valence-corrected chi connectivity index (χ0v) is 70.7. The van der Waals surface area contributed by atoms with Gasteiger partial charge in [-0.15, -0.1) is 0 Å². The molecule has 6 aromatic rings. The van der Waals surface area contributed by atoms with Crippen LogP contribution in [0.5, 0.6) is 0 Å². The normalized spacial score (nSPS) is 35.9. The second-order valence-corrected chi connectivity index (χ2v) is 40.8. The van der Waals surface area contributed by atoms with Crippen LogP contribution in [0.1, 0.15) is 313 Å². The first-order chi connectivity index (χ1) is 56.4. The first-order valence-corrected chi connectivity index (χ1v) is 48.4. The number of nitrogens with zero attached hydrogens (tertiary/aromatic N) is 12. The van der Waals surface area contributed by atoms with Crippen LogP contribution in [-0.4, -0.2) is 193 Å². The SMILES string of the molecule is CCN(CC)C(=O)CN1CC[C@@H](Cc2nc3ccccc3n2C2C[C@H]3CCC[C@@H](C2)N3C2C[C@H]3CCCC[C@@H](C2)C3)C1.O=C(O)CN1CCC[C@H]1Cc1nc2ccccc2n1C1C[C@H]2CCC[C@@H](C1)N2C1C[C@H]2CCCC[C@@H](C1)C2.O=C1CC[C@@H](Cc2nc3ccccc3n2C2C[C@H]3CCC[C@@H](C2)N3C2C[C@H]3CCCC[C@@H](C2)C3)N1. The topological polar surface area (TPSA) is 156 Å². The zero-order chi connectivity index (χ0) is 77.6. The molecule has 9 saturated heterocycles. The number of carboxylic acid groups (broad SMARTS) is 1. The van der Waals surface area contributed by atoms with Crippen LogP contribution in [0.3, 0.4) is 0 Å². The van der Waals surface area contributed by atoms with Crippen LogP contribution in [0.2, 0.25) is 0 Å². The highest BCUT2D eigenvalue weighted by atomic mass is 16.4. The molecule has 15 fully saturated rings. The largest absolute Gasteiger partial charge is 0.480 e. The van der Waals surface area contributed by atoms with Crippen molar-refractivity contribution in [3.63, 3.8) is 0 Å². The van der Waals surface area contributed by atoms with E-state index in [1.807, 2.05) is 4.90 Å². The number of carbonyl (C=O) groups is 3. The van der Waals surface area contributed by atoms with Gasteiger partial charge in [-0.2, -0.15) is 0 Å². The van der Waals surface area contributed by atoms with E-state index in [2.05, 4.69) is 130 Å². The maximum Gasteiger partial charge on any atom is 0.317 e. The van der Waals surface area contributed by atoms with Crippen molar-refractivity contribution in [3.05, 3.63) is 90.3 Å². The number of rotatable bonds is 18. The Hall–Kier alpha value is -5.72. The fourth-order valence-electron chi connectivity index (χ4n) is 29.0. The van der Waals surface area contributed by atoms with Gasteiger partial charge in [-0.25, -0.2) is 15.0 Å². The molecule has 12 bridgehead atoms. The molecule has 2 amide bonds. The number of benzene rings is 3. The number of hydrogen-bond donors (Lipinski definition) is 2. The number of carboxylic acids is 1. The van der Waals surface area contributed by atoms with Crippen LogP contribution in [-0.2, 0) is 33.6 Å². The van der Waals surface area contributed by atoms with E-state index in [4.69, 9.17) is 15.0 Å². The smallest absolute Gasteiger partial charge is 0.317 e. The quantitative estimate of drug-likeness (QED) is 0.0841. The zero-order valence-electron chi connectivity index (χ0n) is 70.7. The molecule has 17 heteroatoms. The Bertz CT molecular complexity index is 4210. The second-order valence-electron chi connectivity index (χ2n) is 40.8. The molecular weight excluding hydrogens is 1420 g/mol. The van der Waals surface area contributed by atoms with Gasteiger partial charge in [0, 0.05) is 130 Å². The summed E-state index contributed by atoms with van der Waals surface area (Å²) in [5.41, 5.74) is 7.32. The Morgan fingerprint density at radius 2 is 0.783 bits per heavy atom. The van der Waals surface area contributed by atoms with Crippen molar-refractivity contribution in [2.24, 2.45) is 41.4 Å². The Balaban J connectivity index is 0.000000116. The minimum absolute atomic E-state index is 0.150. The third-order valence-electron chi connectivity index (χ3n) is 33.5. The predicted octanol–water partition coefficient (Wildman–Crippen LogP) is 18.5. The number of carbonyl (C=O) groups excluding carboxylic acids is 2. The van der Waals surface area contributed by atoms with E-state index in [1.165, 1.54) is 277 Å². The summed E-state index contributed by atoms with van der Waals surface area (Å²) in [6, 6.07) is 35.3. The summed E-state index contributed by atoms with van der Waals surface area (Å²) in [5.74, 6) is 9.95. The van der Waals surface area contributed by atoms with Gasteiger partial charge in [0.05, 0.1) is 46.2 Å². The Labute approximate surface area is 688 Å². The standard InChI is InChI=1S/C36H55N5O.C32H46N4O2.C30H42N4O/c1-3-39(4-2)36(42)25-38-17-16-28(24-38)21-35-37-33-14-7-8-15-34(33)41(35)32-22-29-12-9-13-30(23-32)40(29)31-19-26-10-5-6-11-27(18-26)20-31;37-32(38)21-34-14-6-11-24(34)20-31-33-29-12-3-4-13-30(29)36(31)28-18-25-9-5-10-26(19-28)35(25)27-16-22-7-1-2-8-23(15-22)17-27;35-30-13-12-22(31-30)17-29-32-27-10-3-4-11-28(27)34(29)26-18-23-8-5-9-24(19-26)33(23)25-15-20-6-1-2-7-21(14-20)16-25/h7-8,14-15,26-32H,3-6,9-13,16-25H2,1-2H3;3-4,12-13,22-28H,1-2,5-11,14-21H2,(H,37,38);3-4,10-11,20-26H,1-2,5-9,12-19H2,(H,31,35)/t26-,27+,28-,29-,30+,31?,32?;22-,23+,24-,25-,26+,27?,28?;20-,21+,22-,23-,24+,25?,26?/m000/s1. The molecule has 21 rings (SSSR count). The van der Waals surface area contributed by atoms with E-state index >= 15 is 0 Å². The molecule has 0 radical (unpaired) electrons. The first-order valence-electron chi connectivity index (χ1n) is 48.4. The highest BCUT2D eigenvalue weighted by molar-refractivity contribution is 5.80. The molecule has 12 heterocycles. The number of aliphatic carboxylic acids is 1. The first kappa shape index (κ1) is 79.1. The Kier molecular flexibility index (Phi) is 24.4. The van der Waals surface area contributed by atoms with Crippen LogP contribution in [0.4, 0.5) is 0 Å². The van der Waals surface area contributed by atoms with Crippen molar-refractivity contribution in [2.75, 3.05) is 45.8 Å². The van der Waals surface area contributed by atoms with Crippen molar-refractivity contribution >= 4 is 50.9 Å². The van der Waals surface area contributed by atoms with Gasteiger partial charge in [0.2, 0.25) is 11.8 Å². The van der Waals surface area contributed by atoms with E-state index in [0.717, 1.165) is 160 Å². The van der Waals surface area contributed by atoms with Crippen molar-refractivity contribution in [1.29, 1.82) is 0 Å². The number of aromatic nitrogens is 6. The minimum Gasteiger partial charge on any atom is -0.480 e. The maximum absolute atomic E-state index is 12.8. The monoisotopic (exact) mass is 1570 g/mol. The van der Waals surface area contributed by atoms with E-state index < -0.39 is 5.97 Å². The fraction of sp³-hybridized carbons (Fsp3) is 0.755. The molecule has 115 heavy (non-hydrogen) atoms. The van der Waals surface area contributed by atoms with Gasteiger partial charge >= 0.3 is 5.97 Å². The minimum atomic E-state index is -0.715. The highest BCUT2D eigenvalue weighted by Crippen LogP contribution is 2.53. The highest BCUT2D eigenvalue weighted by Gasteiger charge is 2.50. The molecule has 624 valence electrons. The molecule has 15 aliphatic rings. The molecule has 6 aliphatic carbocycles. The molecule has 3 aromatic heterocycles. The number of imidazole rings is 3.